The summed E-state index contributed by atoms with van der Waals surface area (Å²) in [6.45, 7) is 21.4. The van der Waals surface area contributed by atoms with Crippen LogP contribution >= 0.6 is 0 Å². The summed E-state index contributed by atoms with van der Waals surface area (Å²) >= 11 is 0. The van der Waals surface area contributed by atoms with E-state index in [9.17, 15) is 0 Å². The molecule has 1 fully saturated rings. The lowest BCUT2D eigenvalue weighted by Gasteiger charge is -2.48. The maximum absolute atomic E-state index is 2.69. The normalized spacial score (nSPS) is 21.3. The van der Waals surface area contributed by atoms with Crippen LogP contribution in [-0.4, -0.2) is 72.6 Å². The van der Waals surface area contributed by atoms with Gasteiger partial charge in [-0.2, -0.15) is 0 Å². The molecule has 0 saturated carbocycles. The van der Waals surface area contributed by atoms with Crippen molar-refractivity contribution in [1.29, 1.82) is 0 Å². The zero-order valence-corrected chi connectivity index (χ0v) is 14.9. The molecule has 1 aliphatic heterocycles. The molecule has 0 aromatic carbocycles. The molecule has 3 nitrogen and oxygen atoms in total. The Kier molecular flexibility index (Phi) is 6.96. The Bertz CT molecular complexity index is 273. The van der Waals surface area contributed by atoms with Gasteiger partial charge < -0.3 is 4.90 Å². The fraction of sp³-hybridized carbons (Fsp3) is 1.00. The number of hydrogen-bond donors (Lipinski definition) is 0. The highest BCUT2D eigenvalue weighted by Crippen LogP contribution is 2.21. The van der Waals surface area contributed by atoms with Crippen molar-refractivity contribution >= 4 is 0 Å². The van der Waals surface area contributed by atoms with Crippen LogP contribution in [0.4, 0.5) is 0 Å². The first-order chi connectivity index (χ1) is 9.22. The van der Waals surface area contributed by atoms with E-state index in [2.05, 4.69) is 63.3 Å². The molecule has 120 valence electrons. The standard InChI is InChI=1S/C17H37N3/c1-15(2)13-19-11-12-20(17(5,6)14-19)10-8-9-18(7)16(3)4/h15-16H,8-14H2,1-7H3. The molecule has 0 N–H and O–H groups in total. The van der Waals surface area contributed by atoms with E-state index < -0.39 is 0 Å². The van der Waals surface area contributed by atoms with Gasteiger partial charge in [0.2, 0.25) is 0 Å². The van der Waals surface area contributed by atoms with Crippen LogP contribution < -0.4 is 0 Å². The highest BCUT2D eigenvalue weighted by Gasteiger charge is 2.33. The monoisotopic (exact) mass is 283 g/mol. The van der Waals surface area contributed by atoms with Crippen LogP contribution in [0.15, 0.2) is 0 Å². The fourth-order valence-electron chi connectivity index (χ4n) is 3.15. The molecule has 1 heterocycles. The molecular weight excluding hydrogens is 246 g/mol. The second-order valence-corrected chi connectivity index (χ2v) is 7.86. The van der Waals surface area contributed by atoms with Gasteiger partial charge in [0.1, 0.15) is 0 Å². The van der Waals surface area contributed by atoms with Crippen molar-refractivity contribution in [3.05, 3.63) is 0 Å². The van der Waals surface area contributed by atoms with Gasteiger partial charge in [0.15, 0.2) is 0 Å². The number of hydrogen-bond acceptors (Lipinski definition) is 3. The molecule has 0 aromatic rings. The summed E-state index contributed by atoms with van der Waals surface area (Å²) in [5.41, 5.74) is 0.323. The minimum atomic E-state index is 0.323. The zero-order valence-electron chi connectivity index (χ0n) is 14.9. The molecule has 0 atom stereocenters. The van der Waals surface area contributed by atoms with E-state index in [1.807, 2.05) is 0 Å². The molecular formula is C17H37N3. The Labute approximate surface area is 127 Å². The average Bonchev–Trinajstić information content (AvgIpc) is 2.29. The molecule has 0 amide bonds. The van der Waals surface area contributed by atoms with Crippen LogP contribution in [0.25, 0.3) is 0 Å². The van der Waals surface area contributed by atoms with E-state index in [0.717, 1.165) is 5.92 Å². The Hall–Kier alpha value is -0.120. The van der Waals surface area contributed by atoms with Gasteiger partial charge in [-0.25, -0.2) is 0 Å². The molecule has 0 unspecified atom stereocenters. The molecule has 0 bridgehead atoms. The minimum Gasteiger partial charge on any atom is -0.304 e. The number of piperazine rings is 1. The Morgan fingerprint density at radius 1 is 1.10 bits per heavy atom. The quantitative estimate of drug-likeness (QED) is 0.711. The maximum Gasteiger partial charge on any atom is 0.0280 e. The van der Waals surface area contributed by atoms with E-state index in [1.54, 1.807) is 0 Å². The van der Waals surface area contributed by atoms with Crippen molar-refractivity contribution < 1.29 is 0 Å². The molecule has 20 heavy (non-hydrogen) atoms. The van der Waals surface area contributed by atoms with Gasteiger partial charge in [0, 0.05) is 37.8 Å². The SMILES string of the molecule is CC(C)CN1CCN(CCCN(C)C(C)C)C(C)(C)C1. The van der Waals surface area contributed by atoms with Crippen molar-refractivity contribution in [2.75, 3.05) is 46.3 Å². The summed E-state index contributed by atoms with van der Waals surface area (Å²) in [6.07, 6.45) is 1.28. The van der Waals surface area contributed by atoms with Gasteiger partial charge in [-0.15, -0.1) is 0 Å². The number of rotatable bonds is 7. The van der Waals surface area contributed by atoms with Crippen molar-refractivity contribution in [3.8, 4) is 0 Å². The maximum atomic E-state index is 2.69. The third-order valence-electron chi connectivity index (χ3n) is 4.60. The van der Waals surface area contributed by atoms with Gasteiger partial charge in [0.25, 0.3) is 0 Å². The van der Waals surface area contributed by atoms with Crippen molar-refractivity contribution in [1.82, 2.24) is 14.7 Å². The van der Waals surface area contributed by atoms with E-state index in [-0.39, 0.29) is 0 Å². The smallest absolute Gasteiger partial charge is 0.0280 e. The summed E-state index contributed by atoms with van der Waals surface area (Å²) in [7, 11) is 2.23. The molecule has 1 saturated heterocycles. The summed E-state index contributed by atoms with van der Waals surface area (Å²) in [4.78, 5) is 7.78. The second kappa shape index (κ2) is 7.77. The van der Waals surface area contributed by atoms with E-state index >= 15 is 0 Å². The van der Waals surface area contributed by atoms with Crippen LogP contribution in [0.2, 0.25) is 0 Å². The Morgan fingerprint density at radius 3 is 2.25 bits per heavy atom. The largest absolute Gasteiger partial charge is 0.304 e. The summed E-state index contributed by atoms with van der Waals surface area (Å²) < 4.78 is 0. The van der Waals surface area contributed by atoms with Gasteiger partial charge in [0.05, 0.1) is 0 Å². The first kappa shape index (κ1) is 17.9. The lowest BCUT2D eigenvalue weighted by molar-refractivity contribution is 0.0129. The lowest BCUT2D eigenvalue weighted by atomic mass is 9.97. The number of nitrogens with zero attached hydrogens (tertiary/aromatic N) is 3. The van der Waals surface area contributed by atoms with Crippen molar-refractivity contribution in [2.24, 2.45) is 5.92 Å². The minimum absolute atomic E-state index is 0.323. The molecule has 0 radical (unpaired) electrons. The third-order valence-corrected chi connectivity index (χ3v) is 4.60. The Morgan fingerprint density at radius 2 is 1.75 bits per heavy atom. The van der Waals surface area contributed by atoms with E-state index in [1.165, 1.54) is 45.7 Å². The molecule has 3 heteroatoms. The molecule has 1 rings (SSSR count). The summed E-state index contributed by atoms with van der Waals surface area (Å²) in [6, 6.07) is 0.658. The average molecular weight is 284 g/mol. The predicted molar refractivity (Wildman–Crippen MR) is 89.3 cm³/mol. The first-order valence-corrected chi connectivity index (χ1v) is 8.40. The highest BCUT2D eigenvalue weighted by molar-refractivity contribution is 4.90. The van der Waals surface area contributed by atoms with E-state index in [0.29, 0.717) is 11.6 Å². The van der Waals surface area contributed by atoms with Crippen molar-refractivity contribution in [3.63, 3.8) is 0 Å². The summed E-state index contributed by atoms with van der Waals surface area (Å²) in [5, 5.41) is 0. The van der Waals surface area contributed by atoms with Crippen LogP contribution in [-0.2, 0) is 0 Å². The fourth-order valence-corrected chi connectivity index (χ4v) is 3.15. The lowest BCUT2D eigenvalue weighted by Crippen LogP contribution is -2.59. The second-order valence-electron chi connectivity index (χ2n) is 7.86. The molecule has 0 spiro atoms. The van der Waals surface area contributed by atoms with Gasteiger partial charge in [-0.1, -0.05) is 13.8 Å². The third kappa shape index (κ3) is 5.71. The van der Waals surface area contributed by atoms with Crippen LogP contribution in [0, 0.1) is 5.92 Å². The van der Waals surface area contributed by atoms with Gasteiger partial charge in [-0.05, 0) is 60.2 Å². The van der Waals surface area contributed by atoms with Crippen molar-refractivity contribution in [2.45, 2.75) is 59.5 Å². The van der Waals surface area contributed by atoms with Gasteiger partial charge in [-0.3, -0.25) is 9.80 Å². The van der Waals surface area contributed by atoms with Gasteiger partial charge >= 0.3 is 0 Å². The van der Waals surface area contributed by atoms with E-state index in [4.69, 9.17) is 0 Å². The molecule has 1 aliphatic rings. The predicted octanol–water partition coefficient (Wildman–Crippen LogP) is 2.77. The first-order valence-electron chi connectivity index (χ1n) is 8.40. The van der Waals surface area contributed by atoms with Crippen LogP contribution in [0.5, 0.6) is 0 Å². The summed E-state index contributed by atoms with van der Waals surface area (Å²) in [5.74, 6) is 0.775. The van der Waals surface area contributed by atoms with Crippen LogP contribution in [0.1, 0.15) is 48.0 Å². The topological polar surface area (TPSA) is 9.72 Å². The highest BCUT2D eigenvalue weighted by atomic mass is 15.3. The molecule has 0 aliphatic carbocycles. The zero-order chi connectivity index (χ0) is 15.3. The Balaban J connectivity index is 2.37. The van der Waals surface area contributed by atoms with Crippen LogP contribution in [0.3, 0.4) is 0 Å². The molecule has 0 aromatic heterocycles.